The summed E-state index contributed by atoms with van der Waals surface area (Å²) in [5.74, 6) is 1.10. The highest BCUT2D eigenvalue weighted by Gasteiger charge is 2.39. The van der Waals surface area contributed by atoms with E-state index in [1.54, 1.807) is 6.07 Å². The Bertz CT molecular complexity index is 1570. The first kappa shape index (κ1) is 33.0. The second-order valence-electron chi connectivity index (χ2n) is 15.0. The molecular formula is C38H52FN7O2. The number of benzene rings is 1. The van der Waals surface area contributed by atoms with E-state index in [0.29, 0.717) is 18.0 Å². The third-order valence-electron chi connectivity index (χ3n) is 12.1. The highest BCUT2D eigenvalue weighted by molar-refractivity contribution is 5.70. The Kier molecular flexibility index (Phi) is 9.72. The maximum Gasteiger partial charge on any atom is 0.306 e. The summed E-state index contributed by atoms with van der Waals surface area (Å²) in [5, 5.41) is 18.4. The highest BCUT2D eigenvalue weighted by atomic mass is 19.1. The first-order valence-electron chi connectivity index (χ1n) is 18.4. The van der Waals surface area contributed by atoms with Gasteiger partial charge in [-0.3, -0.25) is 14.4 Å². The zero-order chi connectivity index (χ0) is 33.4. The van der Waals surface area contributed by atoms with Crippen molar-refractivity contribution in [2.75, 3.05) is 23.8 Å². The summed E-state index contributed by atoms with van der Waals surface area (Å²) in [4.78, 5) is 27.2. The van der Waals surface area contributed by atoms with Crippen LogP contribution in [0.2, 0.25) is 0 Å². The maximum atomic E-state index is 14.3. The molecule has 258 valence electrons. The molecule has 2 aliphatic carbocycles. The Hall–Kier alpha value is -3.53. The highest BCUT2D eigenvalue weighted by Crippen LogP contribution is 2.41. The van der Waals surface area contributed by atoms with E-state index in [2.05, 4.69) is 35.2 Å². The Balaban J connectivity index is 1.22. The summed E-state index contributed by atoms with van der Waals surface area (Å²) in [5.41, 5.74) is 4.25. The molecule has 2 N–H and O–H groups in total. The van der Waals surface area contributed by atoms with Gasteiger partial charge in [-0.2, -0.15) is 10.1 Å². The molecule has 3 aromatic rings. The van der Waals surface area contributed by atoms with Crippen LogP contribution in [0.5, 0.6) is 0 Å². The number of aliphatic carboxylic acids is 1. The van der Waals surface area contributed by atoms with Crippen molar-refractivity contribution >= 4 is 17.7 Å². The minimum Gasteiger partial charge on any atom is -0.481 e. The predicted octanol–water partition coefficient (Wildman–Crippen LogP) is 6.90. The molecule has 4 heterocycles. The summed E-state index contributed by atoms with van der Waals surface area (Å²) >= 11 is 0. The lowest BCUT2D eigenvalue weighted by Gasteiger charge is -2.39. The summed E-state index contributed by atoms with van der Waals surface area (Å²) in [7, 11) is 4.09. The number of carboxylic acid groups (broad SMARTS) is 1. The van der Waals surface area contributed by atoms with Gasteiger partial charge in [-0.15, -0.1) is 0 Å². The van der Waals surface area contributed by atoms with E-state index < -0.39 is 5.97 Å². The van der Waals surface area contributed by atoms with Crippen molar-refractivity contribution in [3.8, 4) is 0 Å². The van der Waals surface area contributed by atoms with Gasteiger partial charge < -0.3 is 15.3 Å². The quantitative estimate of drug-likeness (QED) is 0.230. The van der Waals surface area contributed by atoms with Crippen LogP contribution in [0.4, 0.5) is 16.2 Å². The predicted molar refractivity (Wildman–Crippen MR) is 186 cm³/mol. The van der Waals surface area contributed by atoms with Crippen molar-refractivity contribution in [3.63, 3.8) is 0 Å². The van der Waals surface area contributed by atoms with E-state index in [0.717, 1.165) is 92.2 Å². The SMILES string of the molecule is CC[C@H](C1CCC(C(=O)O)CC1)N(C)c1nc2c(c(N[C@@H](CN3C4CCCC3CC4)c3ccn(C)n3)n1)C[C@H](c1cccc(F)c1)CC2. The second-order valence-corrected chi connectivity index (χ2v) is 15.0. The zero-order valence-corrected chi connectivity index (χ0v) is 28.8. The van der Waals surface area contributed by atoms with E-state index in [1.165, 1.54) is 38.2 Å². The fourth-order valence-electron chi connectivity index (χ4n) is 9.47. The van der Waals surface area contributed by atoms with Crippen molar-refractivity contribution in [2.24, 2.45) is 18.9 Å². The number of carboxylic acids is 1. The van der Waals surface area contributed by atoms with Crippen LogP contribution in [-0.4, -0.2) is 67.4 Å². The lowest BCUT2D eigenvalue weighted by atomic mass is 9.77. The van der Waals surface area contributed by atoms with E-state index in [1.807, 2.05) is 30.1 Å². The number of fused-ring (bicyclic) bond motifs is 3. The van der Waals surface area contributed by atoms with Gasteiger partial charge in [0.05, 0.1) is 23.3 Å². The Morgan fingerprint density at radius 1 is 1.06 bits per heavy atom. The van der Waals surface area contributed by atoms with Gasteiger partial charge in [0.15, 0.2) is 0 Å². The molecule has 2 bridgehead atoms. The van der Waals surface area contributed by atoms with Crippen molar-refractivity contribution < 1.29 is 14.3 Å². The molecule has 2 aliphatic heterocycles. The summed E-state index contributed by atoms with van der Waals surface area (Å²) in [6.45, 7) is 3.10. The van der Waals surface area contributed by atoms with Crippen molar-refractivity contribution in [3.05, 3.63) is 64.9 Å². The standard InChI is InChI=1S/C38H52FN7O2/c1-4-35(24-11-13-25(14-12-24)37(47)48)45(3)38-41-32-18-15-27(26-7-5-8-28(39)21-26)22-31(32)36(42-38)40-34(33-19-20-44(2)43-33)23-46-29-9-6-10-30(46)17-16-29/h5,7-8,19-21,24-25,27,29-30,34-35H,4,6,9-18,22-23H2,1-3H3,(H,47,48)(H,40,41,42)/t24?,25?,27-,29?,30?,34+,35-/m1/s1. The van der Waals surface area contributed by atoms with Gasteiger partial charge >= 0.3 is 5.97 Å². The zero-order valence-electron chi connectivity index (χ0n) is 28.8. The number of carbonyl (C=O) groups is 1. The van der Waals surface area contributed by atoms with Crippen molar-refractivity contribution in [1.82, 2.24) is 24.6 Å². The molecule has 2 unspecified atom stereocenters. The molecule has 2 aromatic heterocycles. The van der Waals surface area contributed by atoms with Crippen LogP contribution in [0.3, 0.4) is 0 Å². The van der Waals surface area contributed by atoms with Crippen molar-refractivity contribution in [1.29, 1.82) is 0 Å². The molecule has 0 spiro atoms. The van der Waals surface area contributed by atoms with E-state index in [-0.39, 0.29) is 29.7 Å². The fourth-order valence-corrected chi connectivity index (χ4v) is 9.47. The molecule has 4 aliphatic rings. The number of nitrogens with one attached hydrogen (secondary N) is 1. The molecule has 1 saturated carbocycles. The largest absolute Gasteiger partial charge is 0.481 e. The number of rotatable bonds is 11. The number of aryl methyl sites for hydroxylation is 2. The molecule has 2 saturated heterocycles. The average molecular weight is 658 g/mol. The molecule has 3 fully saturated rings. The van der Waals surface area contributed by atoms with Gasteiger partial charge in [0.2, 0.25) is 5.95 Å². The first-order valence-corrected chi connectivity index (χ1v) is 18.4. The van der Waals surface area contributed by atoms with Gasteiger partial charge in [-0.1, -0.05) is 25.5 Å². The van der Waals surface area contributed by atoms with Crippen LogP contribution >= 0.6 is 0 Å². The molecular weight excluding hydrogens is 605 g/mol. The number of hydrogen-bond donors (Lipinski definition) is 2. The van der Waals surface area contributed by atoms with Crippen molar-refractivity contribution in [2.45, 2.75) is 120 Å². The van der Waals surface area contributed by atoms with Gasteiger partial charge in [0.25, 0.3) is 0 Å². The Morgan fingerprint density at radius 2 is 1.83 bits per heavy atom. The van der Waals surface area contributed by atoms with Crippen LogP contribution in [0.1, 0.15) is 112 Å². The molecule has 0 amide bonds. The molecule has 7 rings (SSSR count). The number of hydrogen-bond acceptors (Lipinski definition) is 7. The lowest BCUT2D eigenvalue weighted by Crippen LogP contribution is -2.43. The van der Waals surface area contributed by atoms with E-state index in [9.17, 15) is 14.3 Å². The number of nitrogens with zero attached hydrogens (tertiary/aromatic N) is 6. The summed E-state index contributed by atoms with van der Waals surface area (Å²) in [6.07, 6.45) is 15.1. The van der Waals surface area contributed by atoms with Crippen LogP contribution < -0.4 is 10.2 Å². The third kappa shape index (κ3) is 6.82. The van der Waals surface area contributed by atoms with Gasteiger partial charge in [-0.05, 0) is 113 Å². The van der Waals surface area contributed by atoms with Crippen LogP contribution in [0.15, 0.2) is 36.5 Å². The molecule has 5 atom stereocenters. The monoisotopic (exact) mass is 657 g/mol. The van der Waals surface area contributed by atoms with E-state index in [4.69, 9.17) is 15.1 Å². The topological polar surface area (TPSA) is 99.4 Å². The number of piperidine rings is 1. The van der Waals surface area contributed by atoms with Crippen LogP contribution in [-0.2, 0) is 24.7 Å². The maximum absolute atomic E-state index is 14.3. The van der Waals surface area contributed by atoms with Crippen LogP contribution in [0, 0.1) is 17.7 Å². The van der Waals surface area contributed by atoms with E-state index >= 15 is 0 Å². The molecule has 0 radical (unpaired) electrons. The minimum absolute atomic E-state index is 0.0348. The van der Waals surface area contributed by atoms with Gasteiger partial charge in [0, 0.05) is 50.5 Å². The Labute approximate surface area is 284 Å². The summed E-state index contributed by atoms with van der Waals surface area (Å²) < 4.78 is 16.2. The smallest absolute Gasteiger partial charge is 0.306 e. The minimum atomic E-state index is -0.667. The van der Waals surface area contributed by atoms with Crippen LogP contribution in [0.25, 0.3) is 0 Å². The Morgan fingerprint density at radius 3 is 2.50 bits per heavy atom. The van der Waals surface area contributed by atoms with Gasteiger partial charge in [-0.25, -0.2) is 9.37 Å². The third-order valence-corrected chi connectivity index (χ3v) is 12.1. The lowest BCUT2D eigenvalue weighted by molar-refractivity contribution is -0.143. The number of halogens is 1. The fraction of sp³-hybridized carbons (Fsp3) is 0.632. The molecule has 10 heteroatoms. The normalized spacial score (nSPS) is 26.9. The molecule has 48 heavy (non-hydrogen) atoms. The summed E-state index contributed by atoms with van der Waals surface area (Å²) in [6, 6.07) is 10.6. The first-order chi connectivity index (χ1) is 23.3. The molecule has 1 aromatic carbocycles. The van der Waals surface area contributed by atoms with Gasteiger partial charge in [0.1, 0.15) is 11.6 Å². The number of anilines is 2. The second kappa shape index (κ2) is 14.1. The number of aromatic nitrogens is 4. The average Bonchev–Trinajstić information content (AvgIpc) is 3.61. The molecule has 9 nitrogen and oxygen atoms in total.